The third-order valence-electron chi connectivity index (χ3n) is 3.88. The summed E-state index contributed by atoms with van der Waals surface area (Å²) in [4.78, 5) is 18.7. The second kappa shape index (κ2) is 7.24. The molecule has 1 aromatic rings. The van der Waals surface area contributed by atoms with Gasteiger partial charge >= 0.3 is 0 Å². The molecule has 1 heterocycles. The van der Waals surface area contributed by atoms with Crippen molar-refractivity contribution in [1.82, 2.24) is 9.88 Å². The summed E-state index contributed by atoms with van der Waals surface area (Å²) < 4.78 is 5.24. The van der Waals surface area contributed by atoms with Crippen LogP contribution in [0.3, 0.4) is 0 Å². The van der Waals surface area contributed by atoms with E-state index >= 15 is 0 Å². The monoisotopic (exact) mass is 277 g/mol. The zero-order valence-corrected chi connectivity index (χ0v) is 12.0. The standard InChI is InChI=1S/C15H23N3O2/c1-20-14-11-17-9-7-13(14)15(19)18(10-8-16)12-5-3-2-4-6-12/h7,9,11-12H,2-6,8,10,16H2,1H3. The van der Waals surface area contributed by atoms with E-state index in [-0.39, 0.29) is 5.91 Å². The third kappa shape index (κ3) is 3.28. The van der Waals surface area contributed by atoms with Crippen molar-refractivity contribution in [2.75, 3.05) is 20.2 Å². The molecule has 1 aliphatic rings. The van der Waals surface area contributed by atoms with E-state index in [1.165, 1.54) is 19.3 Å². The van der Waals surface area contributed by atoms with Gasteiger partial charge in [0.15, 0.2) is 0 Å². The van der Waals surface area contributed by atoms with Gasteiger partial charge in [0.05, 0.1) is 18.9 Å². The molecule has 5 heteroatoms. The number of carbonyl (C=O) groups is 1. The second-order valence-electron chi connectivity index (χ2n) is 5.16. The number of amides is 1. The minimum absolute atomic E-state index is 0.00148. The molecule has 0 radical (unpaired) electrons. The number of nitrogens with two attached hydrogens (primary N) is 1. The molecule has 0 atom stereocenters. The van der Waals surface area contributed by atoms with Crippen LogP contribution < -0.4 is 10.5 Å². The predicted molar refractivity (Wildman–Crippen MR) is 77.8 cm³/mol. The topological polar surface area (TPSA) is 68.5 Å². The van der Waals surface area contributed by atoms with Crippen molar-refractivity contribution in [2.24, 2.45) is 5.73 Å². The number of pyridine rings is 1. The Bertz CT molecular complexity index is 444. The van der Waals surface area contributed by atoms with Gasteiger partial charge in [-0.3, -0.25) is 9.78 Å². The van der Waals surface area contributed by atoms with Gasteiger partial charge in [-0.25, -0.2) is 0 Å². The summed E-state index contributed by atoms with van der Waals surface area (Å²) in [6.07, 6.45) is 8.98. The van der Waals surface area contributed by atoms with Crippen molar-refractivity contribution in [3.8, 4) is 5.75 Å². The van der Waals surface area contributed by atoms with Crippen LogP contribution in [0.5, 0.6) is 5.75 Å². The van der Waals surface area contributed by atoms with Crippen molar-refractivity contribution < 1.29 is 9.53 Å². The average Bonchev–Trinajstić information content (AvgIpc) is 2.52. The summed E-state index contributed by atoms with van der Waals surface area (Å²) in [7, 11) is 1.56. The van der Waals surface area contributed by atoms with Gasteiger partial charge in [-0.2, -0.15) is 0 Å². The summed E-state index contributed by atoms with van der Waals surface area (Å²) in [5.74, 6) is 0.525. The lowest BCUT2D eigenvalue weighted by molar-refractivity contribution is 0.0638. The van der Waals surface area contributed by atoms with Gasteiger partial charge in [0.1, 0.15) is 5.75 Å². The Kier molecular flexibility index (Phi) is 5.35. The minimum atomic E-state index is 0.00148. The maximum Gasteiger partial charge on any atom is 0.258 e. The molecule has 0 aromatic carbocycles. The number of ether oxygens (including phenoxy) is 1. The van der Waals surface area contributed by atoms with Crippen LogP contribution in [-0.4, -0.2) is 42.0 Å². The molecule has 1 aromatic heterocycles. The molecule has 0 aliphatic heterocycles. The van der Waals surface area contributed by atoms with Crippen LogP contribution in [0.25, 0.3) is 0 Å². The summed E-state index contributed by atoms with van der Waals surface area (Å²) in [6.45, 7) is 1.07. The molecule has 20 heavy (non-hydrogen) atoms. The van der Waals surface area contributed by atoms with E-state index in [4.69, 9.17) is 10.5 Å². The van der Waals surface area contributed by atoms with Crippen LogP contribution in [0.2, 0.25) is 0 Å². The summed E-state index contributed by atoms with van der Waals surface area (Å²) in [6, 6.07) is 2.02. The molecular formula is C15H23N3O2. The smallest absolute Gasteiger partial charge is 0.258 e. The van der Waals surface area contributed by atoms with E-state index in [9.17, 15) is 4.79 Å². The molecule has 0 saturated heterocycles. The second-order valence-corrected chi connectivity index (χ2v) is 5.16. The zero-order valence-electron chi connectivity index (χ0n) is 12.0. The van der Waals surface area contributed by atoms with Crippen molar-refractivity contribution >= 4 is 5.91 Å². The normalized spacial score (nSPS) is 15.9. The van der Waals surface area contributed by atoms with Gasteiger partial charge in [0.2, 0.25) is 0 Å². The Hall–Kier alpha value is -1.62. The SMILES string of the molecule is COc1cnccc1C(=O)N(CCN)C1CCCCC1. The first-order valence-electron chi connectivity index (χ1n) is 7.27. The number of hydrogen-bond donors (Lipinski definition) is 1. The van der Waals surface area contributed by atoms with Crippen LogP contribution in [0, 0.1) is 0 Å². The van der Waals surface area contributed by atoms with Gasteiger partial charge in [0.25, 0.3) is 5.91 Å². The molecule has 1 fully saturated rings. The first-order chi connectivity index (χ1) is 9.77. The molecule has 2 rings (SSSR count). The van der Waals surface area contributed by atoms with E-state index in [0.717, 1.165) is 12.8 Å². The highest BCUT2D eigenvalue weighted by Crippen LogP contribution is 2.26. The fraction of sp³-hybridized carbons (Fsp3) is 0.600. The molecule has 5 nitrogen and oxygen atoms in total. The predicted octanol–water partition coefficient (Wildman–Crippen LogP) is 1.82. The largest absolute Gasteiger partial charge is 0.494 e. The van der Waals surface area contributed by atoms with Gasteiger partial charge in [-0.15, -0.1) is 0 Å². The Labute approximate surface area is 120 Å². The number of hydrogen-bond acceptors (Lipinski definition) is 4. The Morgan fingerprint density at radius 3 is 2.85 bits per heavy atom. The van der Waals surface area contributed by atoms with E-state index < -0.39 is 0 Å². The highest BCUT2D eigenvalue weighted by molar-refractivity contribution is 5.97. The molecule has 0 unspecified atom stereocenters. The fourth-order valence-corrected chi connectivity index (χ4v) is 2.86. The zero-order chi connectivity index (χ0) is 14.4. The van der Waals surface area contributed by atoms with Crippen molar-refractivity contribution in [3.05, 3.63) is 24.0 Å². The molecule has 0 bridgehead atoms. The fourth-order valence-electron chi connectivity index (χ4n) is 2.86. The van der Waals surface area contributed by atoms with Crippen LogP contribution in [0.15, 0.2) is 18.5 Å². The van der Waals surface area contributed by atoms with Crippen molar-refractivity contribution in [1.29, 1.82) is 0 Å². The number of nitrogens with zero attached hydrogens (tertiary/aromatic N) is 2. The van der Waals surface area contributed by atoms with Crippen LogP contribution in [-0.2, 0) is 0 Å². The Morgan fingerprint density at radius 1 is 1.45 bits per heavy atom. The Morgan fingerprint density at radius 2 is 2.20 bits per heavy atom. The number of methoxy groups -OCH3 is 1. The van der Waals surface area contributed by atoms with Gasteiger partial charge in [0, 0.05) is 25.3 Å². The van der Waals surface area contributed by atoms with E-state index in [1.807, 2.05) is 4.90 Å². The minimum Gasteiger partial charge on any atom is -0.494 e. The molecule has 1 aliphatic carbocycles. The van der Waals surface area contributed by atoms with Crippen LogP contribution in [0.1, 0.15) is 42.5 Å². The number of rotatable bonds is 5. The van der Waals surface area contributed by atoms with Gasteiger partial charge in [-0.05, 0) is 18.9 Å². The molecule has 1 saturated carbocycles. The van der Waals surface area contributed by atoms with Gasteiger partial charge < -0.3 is 15.4 Å². The lowest BCUT2D eigenvalue weighted by atomic mass is 9.93. The van der Waals surface area contributed by atoms with E-state index in [1.54, 1.807) is 25.6 Å². The first kappa shape index (κ1) is 14.8. The third-order valence-corrected chi connectivity index (χ3v) is 3.88. The quantitative estimate of drug-likeness (QED) is 0.891. The summed E-state index contributed by atoms with van der Waals surface area (Å²) >= 11 is 0. The molecular weight excluding hydrogens is 254 g/mol. The average molecular weight is 277 g/mol. The number of carbonyl (C=O) groups excluding carboxylic acids is 1. The molecule has 2 N–H and O–H groups in total. The molecule has 0 spiro atoms. The summed E-state index contributed by atoms with van der Waals surface area (Å²) in [5.41, 5.74) is 6.26. The van der Waals surface area contributed by atoms with E-state index in [0.29, 0.717) is 30.4 Å². The maximum atomic E-state index is 12.8. The van der Waals surface area contributed by atoms with E-state index in [2.05, 4.69) is 4.98 Å². The highest BCUT2D eigenvalue weighted by atomic mass is 16.5. The lowest BCUT2D eigenvalue weighted by Gasteiger charge is -2.34. The van der Waals surface area contributed by atoms with Crippen LogP contribution in [0.4, 0.5) is 0 Å². The van der Waals surface area contributed by atoms with Crippen molar-refractivity contribution in [2.45, 2.75) is 38.1 Å². The molecule has 110 valence electrons. The molecule has 1 amide bonds. The van der Waals surface area contributed by atoms with Crippen molar-refractivity contribution in [3.63, 3.8) is 0 Å². The summed E-state index contributed by atoms with van der Waals surface area (Å²) in [5, 5.41) is 0. The Balaban J connectivity index is 2.21. The highest BCUT2D eigenvalue weighted by Gasteiger charge is 2.27. The lowest BCUT2D eigenvalue weighted by Crippen LogP contribution is -2.44. The van der Waals surface area contributed by atoms with Crippen LogP contribution >= 0.6 is 0 Å². The maximum absolute atomic E-state index is 12.8. The first-order valence-corrected chi connectivity index (χ1v) is 7.27. The van der Waals surface area contributed by atoms with Gasteiger partial charge in [-0.1, -0.05) is 19.3 Å². The number of aromatic nitrogens is 1.